The van der Waals surface area contributed by atoms with Crippen molar-refractivity contribution in [3.63, 3.8) is 0 Å². The molecule has 2 aromatic carbocycles. The summed E-state index contributed by atoms with van der Waals surface area (Å²) in [6, 6.07) is 15.8. The smallest absolute Gasteiger partial charge is 0.225 e. The predicted molar refractivity (Wildman–Crippen MR) is 101 cm³/mol. The third kappa shape index (κ3) is 4.41. The summed E-state index contributed by atoms with van der Waals surface area (Å²) in [5.74, 6) is 0.811. The lowest BCUT2D eigenvalue weighted by molar-refractivity contribution is -0.123. The van der Waals surface area contributed by atoms with E-state index in [1.807, 2.05) is 36.4 Å². The van der Waals surface area contributed by atoms with Gasteiger partial charge in [-0.2, -0.15) is 0 Å². The van der Waals surface area contributed by atoms with Gasteiger partial charge in [0.2, 0.25) is 5.91 Å². The second-order valence-corrected chi connectivity index (χ2v) is 7.19. The Labute approximate surface area is 156 Å². The van der Waals surface area contributed by atoms with Crippen LogP contribution in [-0.4, -0.2) is 26.2 Å². The van der Waals surface area contributed by atoms with Crippen LogP contribution in [0.15, 0.2) is 53.0 Å². The Morgan fingerprint density at radius 3 is 2.56 bits per heavy atom. The second kappa shape index (κ2) is 8.02. The Bertz CT molecular complexity index is 724. The number of amides is 1. The molecule has 1 N–H and O–H groups in total. The Morgan fingerprint density at radius 2 is 1.92 bits per heavy atom. The van der Waals surface area contributed by atoms with E-state index in [4.69, 9.17) is 9.47 Å². The lowest BCUT2D eigenvalue weighted by Crippen LogP contribution is -2.50. The summed E-state index contributed by atoms with van der Waals surface area (Å²) < 4.78 is 11.7. The number of rotatable bonds is 5. The molecule has 1 heterocycles. The fourth-order valence-corrected chi connectivity index (χ4v) is 3.63. The van der Waals surface area contributed by atoms with Crippen molar-refractivity contribution in [3.05, 3.63) is 64.1 Å². The maximum Gasteiger partial charge on any atom is 0.225 e. The average molecular weight is 404 g/mol. The van der Waals surface area contributed by atoms with Gasteiger partial charge in [-0.05, 0) is 48.2 Å². The van der Waals surface area contributed by atoms with Gasteiger partial charge in [0.25, 0.3) is 0 Å². The van der Waals surface area contributed by atoms with Crippen LogP contribution in [0.4, 0.5) is 0 Å². The minimum atomic E-state index is -0.369. The van der Waals surface area contributed by atoms with Crippen LogP contribution < -0.4 is 10.1 Å². The number of halogens is 1. The highest BCUT2D eigenvalue weighted by molar-refractivity contribution is 9.10. The quantitative estimate of drug-likeness (QED) is 0.824. The van der Waals surface area contributed by atoms with Crippen LogP contribution >= 0.6 is 15.9 Å². The number of carbonyl (C=O) groups excluding carboxylic acids is 1. The van der Waals surface area contributed by atoms with E-state index in [9.17, 15) is 4.79 Å². The van der Waals surface area contributed by atoms with E-state index in [1.165, 1.54) is 0 Å². The summed E-state index contributed by atoms with van der Waals surface area (Å²) in [7, 11) is 1.63. The lowest BCUT2D eigenvalue weighted by Gasteiger charge is -2.38. The molecule has 4 nitrogen and oxygen atoms in total. The van der Waals surface area contributed by atoms with Crippen LogP contribution in [0.1, 0.15) is 24.0 Å². The lowest BCUT2D eigenvalue weighted by atomic mass is 9.82. The molecule has 0 radical (unpaired) electrons. The summed E-state index contributed by atoms with van der Waals surface area (Å²) in [6.07, 6.45) is 1.90. The van der Waals surface area contributed by atoms with Crippen LogP contribution in [0.3, 0.4) is 0 Å². The summed E-state index contributed by atoms with van der Waals surface area (Å²) in [4.78, 5) is 12.7. The van der Waals surface area contributed by atoms with Crippen molar-refractivity contribution in [1.29, 1.82) is 0 Å². The molecule has 0 bridgehead atoms. The largest absolute Gasteiger partial charge is 0.497 e. The molecule has 0 atom stereocenters. The van der Waals surface area contributed by atoms with Gasteiger partial charge >= 0.3 is 0 Å². The molecule has 1 aliphatic rings. The fourth-order valence-electron chi connectivity index (χ4n) is 3.23. The van der Waals surface area contributed by atoms with Crippen molar-refractivity contribution in [2.45, 2.75) is 24.8 Å². The van der Waals surface area contributed by atoms with Gasteiger partial charge in [0.05, 0.1) is 19.1 Å². The molecule has 0 unspecified atom stereocenters. The van der Waals surface area contributed by atoms with E-state index in [0.29, 0.717) is 19.6 Å². The molecule has 5 heteroatoms. The molecule has 0 aromatic heterocycles. The van der Waals surface area contributed by atoms with Crippen LogP contribution in [0.2, 0.25) is 0 Å². The first-order valence-corrected chi connectivity index (χ1v) is 9.18. The molecule has 1 fully saturated rings. The van der Waals surface area contributed by atoms with Gasteiger partial charge in [-0.25, -0.2) is 0 Å². The van der Waals surface area contributed by atoms with E-state index in [1.54, 1.807) is 7.11 Å². The zero-order valence-electron chi connectivity index (χ0n) is 14.3. The summed E-state index contributed by atoms with van der Waals surface area (Å²) >= 11 is 3.53. The molecule has 132 valence electrons. The van der Waals surface area contributed by atoms with E-state index < -0.39 is 0 Å². The van der Waals surface area contributed by atoms with Gasteiger partial charge < -0.3 is 14.8 Å². The number of nitrogens with one attached hydrogen (secondary N) is 1. The van der Waals surface area contributed by atoms with E-state index in [-0.39, 0.29) is 11.4 Å². The molecule has 1 amide bonds. The number of hydrogen-bond acceptors (Lipinski definition) is 3. The Hall–Kier alpha value is -1.85. The van der Waals surface area contributed by atoms with Gasteiger partial charge in [-0.3, -0.25) is 4.79 Å². The van der Waals surface area contributed by atoms with Crippen molar-refractivity contribution in [2.24, 2.45) is 0 Å². The zero-order chi connectivity index (χ0) is 17.7. The monoisotopic (exact) mass is 403 g/mol. The van der Waals surface area contributed by atoms with E-state index >= 15 is 0 Å². The highest BCUT2D eigenvalue weighted by atomic mass is 79.9. The zero-order valence-corrected chi connectivity index (χ0v) is 15.8. The SMILES string of the molecule is COc1ccc(CC(=O)NC2(c3cccc(Br)c3)CCOCC2)cc1. The highest BCUT2D eigenvalue weighted by Gasteiger charge is 2.36. The van der Waals surface area contributed by atoms with Gasteiger partial charge in [0.15, 0.2) is 0 Å². The predicted octanol–water partition coefficient (Wildman–Crippen LogP) is 3.82. The third-order valence-corrected chi connectivity index (χ3v) is 5.12. The van der Waals surface area contributed by atoms with Crippen molar-refractivity contribution >= 4 is 21.8 Å². The van der Waals surface area contributed by atoms with Crippen molar-refractivity contribution in [1.82, 2.24) is 5.32 Å². The third-order valence-electron chi connectivity index (χ3n) is 4.63. The molecule has 3 rings (SSSR count). The molecule has 0 aliphatic carbocycles. The van der Waals surface area contributed by atoms with Gasteiger partial charge in [0.1, 0.15) is 5.75 Å². The molecular formula is C20H22BrNO3. The van der Waals surface area contributed by atoms with Gasteiger partial charge in [-0.15, -0.1) is 0 Å². The molecule has 25 heavy (non-hydrogen) atoms. The summed E-state index contributed by atoms with van der Waals surface area (Å²) in [5.41, 5.74) is 1.72. The Kier molecular flexibility index (Phi) is 5.76. The topological polar surface area (TPSA) is 47.6 Å². The summed E-state index contributed by atoms with van der Waals surface area (Å²) in [5, 5.41) is 3.28. The number of hydrogen-bond donors (Lipinski definition) is 1. The fraction of sp³-hybridized carbons (Fsp3) is 0.350. The first-order chi connectivity index (χ1) is 12.1. The van der Waals surface area contributed by atoms with Gasteiger partial charge in [-0.1, -0.05) is 40.2 Å². The maximum atomic E-state index is 12.7. The molecule has 2 aromatic rings. The Balaban J connectivity index is 1.76. The number of carbonyl (C=O) groups is 1. The van der Waals surface area contributed by atoms with E-state index in [0.717, 1.165) is 34.2 Å². The number of benzene rings is 2. The van der Waals surface area contributed by atoms with Crippen LogP contribution in [0.5, 0.6) is 5.75 Å². The van der Waals surface area contributed by atoms with Gasteiger partial charge in [0, 0.05) is 17.7 Å². The number of methoxy groups -OCH3 is 1. The summed E-state index contributed by atoms with van der Waals surface area (Å²) in [6.45, 7) is 1.30. The maximum absolute atomic E-state index is 12.7. The van der Waals surface area contributed by atoms with Crippen molar-refractivity contribution < 1.29 is 14.3 Å². The van der Waals surface area contributed by atoms with Crippen LogP contribution in [0.25, 0.3) is 0 Å². The normalized spacial score (nSPS) is 16.2. The second-order valence-electron chi connectivity index (χ2n) is 6.28. The molecule has 0 spiro atoms. The Morgan fingerprint density at radius 1 is 1.20 bits per heavy atom. The minimum Gasteiger partial charge on any atom is -0.497 e. The standard InChI is InChI=1S/C20H22BrNO3/c1-24-18-7-5-15(6-8-18)13-19(23)22-20(9-11-25-12-10-20)16-3-2-4-17(21)14-16/h2-8,14H,9-13H2,1H3,(H,22,23). The van der Waals surface area contributed by atoms with Crippen molar-refractivity contribution in [3.8, 4) is 5.75 Å². The molecule has 0 saturated carbocycles. The molecule has 1 saturated heterocycles. The number of ether oxygens (including phenoxy) is 2. The van der Waals surface area contributed by atoms with E-state index in [2.05, 4.69) is 33.4 Å². The first kappa shape index (κ1) is 18.0. The van der Waals surface area contributed by atoms with Crippen molar-refractivity contribution in [2.75, 3.05) is 20.3 Å². The minimum absolute atomic E-state index is 0.0204. The molecule has 1 aliphatic heterocycles. The first-order valence-electron chi connectivity index (χ1n) is 8.39. The average Bonchev–Trinajstić information content (AvgIpc) is 2.63. The van der Waals surface area contributed by atoms with Crippen LogP contribution in [-0.2, 0) is 21.5 Å². The highest BCUT2D eigenvalue weighted by Crippen LogP contribution is 2.33. The van der Waals surface area contributed by atoms with Crippen LogP contribution in [0, 0.1) is 0 Å². The molecular weight excluding hydrogens is 382 g/mol.